The van der Waals surface area contributed by atoms with Crippen molar-refractivity contribution in [2.45, 2.75) is 6.42 Å². The van der Waals surface area contributed by atoms with Gasteiger partial charge in [-0.05, 0) is 0 Å². The molecule has 0 rings (SSSR count). The summed E-state index contributed by atoms with van der Waals surface area (Å²) in [6.45, 7) is 4.15. The first kappa shape index (κ1) is 7.88. The van der Waals surface area contributed by atoms with Gasteiger partial charge in [0.15, 0.2) is 0 Å². The first-order valence-corrected chi connectivity index (χ1v) is 3.21. The molecule has 0 aliphatic carbocycles. The highest BCUT2D eigenvalue weighted by Gasteiger charge is 1.83. The van der Waals surface area contributed by atoms with Gasteiger partial charge in [-0.3, -0.25) is 0 Å². The maximum atomic E-state index is 3.73. The largest absolute Gasteiger partial charge is 0.358 e. The van der Waals surface area contributed by atoms with Crippen LogP contribution in [0.5, 0.6) is 0 Å². The maximum Gasteiger partial charge on any atom is 0.0866 e. The van der Waals surface area contributed by atoms with Crippen LogP contribution in [0.15, 0.2) is 0 Å². The lowest BCUT2D eigenvalue weighted by molar-refractivity contribution is -0.369. The first-order chi connectivity index (χ1) is 3.91. The van der Waals surface area contributed by atoms with Crippen molar-refractivity contribution >= 4 is 0 Å². The summed E-state index contributed by atoms with van der Waals surface area (Å²) in [6.07, 6.45) is 1.18. The van der Waals surface area contributed by atoms with Crippen LogP contribution in [0.3, 0.4) is 0 Å². The van der Waals surface area contributed by atoms with Gasteiger partial charge >= 0.3 is 0 Å². The Labute approximate surface area is 50.4 Å². The van der Waals surface area contributed by atoms with Gasteiger partial charge < -0.3 is 16.8 Å². The molecule has 0 heterocycles. The molecule has 8 heavy (non-hydrogen) atoms. The molecule has 0 radical (unpaired) electrons. The monoisotopic (exact) mass is 119 g/mol. The van der Waals surface area contributed by atoms with Gasteiger partial charge in [0.2, 0.25) is 0 Å². The number of hydrogen-bond donors (Lipinski definition) is 3. The first-order valence-electron chi connectivity index (χ1n) is 3.21. The van der Waals surface area contributed by atoms with Crippen molar-refractivity contribution in [1.82, 2.24) is 5.32 Å². The van der Waals surface area contributed by atoms with Gasteiger partial charge in [0, 0.05) is 19.5 Å². The summed E-state index contributed by atoms with van der Waals surface area (Å²) in [5.41, 5.74) is 7.43. The van der Waals surface area contributed by atoms with Gasteiger partial charge in [-0.1, -0.05) is 0 Å². The van der Waals surface area contributed by atoms with E-state index in [-0.39, 0.29) is 0 Å². The average Bonchev–Trinajstić information content (AvgIpc) is 1.81. The van der Waals surface area contributed by atoms with E-state index < -0.39 is 0 Å². The summed E-state index contributed by atoms with van der Waals surface area (Å²) in [6, 6.07) is 0. The highest BCUT2D eigenvalue weighted by Crippen LogP contribution is 1.64. The topological polar surface area (TPSA) is 67.3 Å². The van der Waals surface area contributed by atoms with Crippen molar-refractivity contribution < 1.29 is 11.5 Å². The van der Waals surface area contributed by atoms with Gasteiger partial charge in [-0.2, -0.15) is 0 Å². The molecular formula is C5H17N3+2. The van der Waals surface area contributed by atoms with E-state index in [1.165, 1.54) is 6.42 Å². The van der Waals surface area contributed by atoms with Gasteiger partial charge in [-0.25, -0.2) is 0 Å². The summed E-state index contributed by atoms with van der Waals surface area (Å²) in [5, 5.41) is 3.23. The molecule has 0 spiro atoms. The minimum Gasteiger partial charge on any atom is -0.358 e. The summed E-state index contributed by atoms with van der Waals surface area (Å²) >= 11 is 0. The number of hydrogen-bond acceptors (Lipinski definition) is 1. The van der Waals surface area contributed by atoms with E-state index in [2.05, 4.69) is 16.8 Å². The fourth-order valence-electron chi connectivity index (χ4n) is 0.500. The van der Waals surface area contributed by atoms with Crippen molar-refractivity contribution in [3.05, 3.63) is 0 Å². The lowest BCUT2D eigenvalue weighted by Gasteiger charge is -1.95. The molecular weight excluding hydrogens is 102 g/mol. The predicted molar refractivity (Wildman–Crippen MR) is 33.0 cm³/mol. The lowest BCUT2D eigenvalue weighted by atomic mass is 10.4. The van der Waals surface area contributed by atoms with Crippen molar-refractivity contribution in [1.29, 1.82) is 0 Å². The summed E-state index contributed by atoms with van der Waals surface area (Å²) in [7, 11) is 0. The number of rotatable bonds is 5. The van der Waals surface area contributed by atoms with E-state index in [1.807, 2.05) is 0 Å². The Morgan fingerprint density at radius 2 is 1.75 bits per heavy atom. The van der Waals surface area contributed by atoms with E-state index >= 15 is 0 Å². The molecule has 0 bridgehead atoms. The molecule has 0 aliphatic rings. The quantitative estimate of drug-likeness (QED) is 0.343. The zero-order chi connectivity index (χ0) is 6.24. The number of quaternary nitrogens is 2. The predicted octanol–water partition coefficient (Wildman–Crippen LogP) is -2.55. The van der Waals surface area contributed by atoms with Crippen LogP contribution in [0.1, 0.15) is 6.42 Å². The Kier molecular flexibility index (Phi) is 6.78. The molecule has 0 atom stereocenters. The second-order valence-electron chi connectivity index (χ2n) is 1.81. The van der Waals surface area contributed by atoms with Crippen LogP contribution >= 0.6 is 0 Å². The van der Waals surface area contributed by atoms with Crippen LogP contribution in [0.25, 0.3) is 0 Å². The van der Waals surface area contributed by atoms with Gasteiger partial charge in [0.25, 0.3) is 0 Å². The molecule has 0 aromatic heterocycles. The molecule has 50 valence electrons. The molecule has 0 unspecified atom stereocenters. The molecule has 0 fully saturated rings. The van der Waals surface area contributed by atoms with Crippen LogP contribution in [-0.2, 0) is 0 Å². The third-order valence-electron chi connectivity index (χ3n) is 0.957. The molecule has 0 aromatic rings. The number of nitrogens with one attached hydrogen (secondary N) is 1. The molecule has 0 saturated heterocycles. The molecule has 3 nitrogen and oxygen atoms in total. The SMILES string of the molecule is [NH3+]CCCNCC[NH3+]. The molecule has 0 saturated carbocycles. The van der Waals surface area contributed by atoms with E-state index in [0.29, 0.717) is 0 Å². The normalized spacial score (nSPS) is 9.75. The minimum absolute atomic E-state index is 0.983. The van der Waals surface area contributed by atoms with Gasteiger partial charge in [0.1, 0.15) is 0 Å². The fourth-order valence-corrected chi connectivity index (χ4v) is 0.500. The molecule has 3 heteroatoms. The molecule has 0 amide bonds. The zero-order valence-electron chi connectivity index (χ0n) is 5.45. The fraction of sp³-hybridized carbons (Fsp3) is 1.00. The van der Waals surface area contributed by atoms with Crippen molar-refractivity contribution in [2.75, 3.05) is 26.2 Å². The highest BCUT2D eigenvalue weighted by atomic mass is 14.9. The third-order valence-corrected chi connectivity index (χ3v) is 0.957. The molecule has 0 aliphatic heterocycles. The second kappa shape index (κ2) is 6.88. The summed E-state index contributed by atoms with van der Waals surface area (Å²) < 4.78 is 0. The maximum absolute atomic E-state index is 3.73. The Bertz CT molecular complexity index is 32.7. The Hall–Kier alpha value is -0.120. The summed E-state index contributed by atoms with van der Waals surface area (Å²) in [5.74, 6) is 0. The van der Waals surface area contributed by atoms with E-state index in [4.69, 9.17) is 0 Å². The van der Waals surface area contributed by atoms with Crippen LogP contribution in [0.2, 0.25) is 0 Å². The summed E-state index contributed by atoms with van der Waals surface area (Å²) in [4.78, 5) is 0. The van der Waals surface area contributed by atoms with Crippen LogP contribution in [0, 0.1) is 0 Å². The Morgan fingerprint density at radius 3 is 2.25 bits per heavy atom. The van der Waals surface area contributed by atoms with Gasteiger partial charge in [0.05, 0.1) is 13.1 Å². The van der Waals surface area contributed by atoms with Crippen LogP contribution in [0.4, 0.5) is 0 Å². The van der Waals surface area contributed by atoms with E-state index in [9.17, 15) is 0 Å². The highest BCUT2D eigenvalue weighted by molar-refractivity contribution is 4.42. The smallest absolute Gasteiger partial charge is 0.0866 e. The second-order valence-corrected chi connectivity index (χ2v) is 1.81. The van der Waals surface area contributed by atoms with Crippen molar-refractivity contribution in [2.24, 2.45) is 0 Å². The third kappa shape index (κ3) is 5.88. The van der Waals surface area contributed by atoms with Crippen LogP contribution < -0.4 is 16.8 Å². The van der Waals surface area contributed by atoms with Crippen molar-refractivity contribution in [3.63, 3.8) is 0 Å². The van der Waals surface area contributed by atoms with Gasteiger partial charge in [-0.15, -0.1) is 0 Å². The zero-order valence-corrected chi connectivity index (χ0v) is 5.45. The lowest BCUT2D eigenvalue weighted by Crippen LogP contribution is -2.55. The Balaban J connectivity index is 2.53. The minimum atomic E-state index is 0.983. The van der Waals surface area contributed by atoms with E-state index in [0.717, 1.165) is 26.2 Å². The van der Waals surface area contributed by atoms with Crippen molar-refractivity contribution in [3.8, 4) is 0 Å². The molecule has 0 aromatic carbocycles. The average molecular weight is 119 g/mol. The van der Waals surface area contributed by atoms with E-state index in [1.54, 1.807) is 0 Å². The van der Waals surface area contributed by atoms with Crippen LogP contribution in [-0.4, -0.2) is 26.2 Å². The standard InChI is InChI=1S/C5H15N3/c6-2-1-4-8-5-3-7/h8H,1-7H2/p+2. The molecule has 7 N–H and O–H groups in total. The Morgan fingerprint density at radius 1 is 1.00 bits per heavy atom.